The number of hydrogen-bond donors (Lipinski definition) is 2. The molecule has 0 aliphatic heterocycles. The Kier molecular flexibility index (Phi) is 16.3. The lowest BCUT2D eigenvalue weighted by atomic mass is 10.1. The zero-order valence-electron chi connectivity index (χ0n) is 25.8. The van der Waals surface area contributed by atoms with Gasteiger partial charge in [0.25, 0.3) is 5.78 Å². The van der Waals surface area contributed by atoms with Crippen LogP contribution >= 0.6 is 0 Å². The fourth-order valence-corrected chi connectivity index (χ4v) is 4.05. The van der Waals surface area contributed by atoms with Gasteiger partial charge in [-0.3, -0.25) is 9.08 Å². The van der Waals surface area contributed by atoms with Gasteiger partial charge in [-0.2, -0.15) is 47.9 Å². The molecule has 0 aromatic heterocycles. The zero-order valence-corrected chi connectivity index (χ0v) is 26.6. The molecule has 270 valence electrons. The van der Waals surface area contributed by atoms with Crippen LogP contribution in [0.2, 0.25) is 0 Å². The van der Waals surface area contributed by atoms with E-state index in [0.29, 0.717) is 0 Å². The first-order chi connectivity index (χ1) is 23.3. The van der Waals surface area contributed by atoms with Crippen molar-refractivity contribution < 1.29 is 62.2 Å². The molecule has 4 aromatic rings. The number of ketones is 1. The Morgan fingerprint density at radius 3 is 1.30 bits per heavy atom. The van der Waals surface area contributed by atoms with Gasteiger partial charge in [-0.05, 0) is 26.1 Å². The molecule has 0 saturated carbocycles. The van der Waals surface area contributed by atoms with E-state index in [9.17, 15) is 52.7 Å². The molecule has 0 saturated heterocycles. The summed E-state index contributed by atoms with van der Waals surface area (Å²) in [6.45, 7) is 1.74. The third kappa shape index (κ3) is 14.1. The Morgan fingerprint density at radius 2 is 0.960 bits per heavy atom. The summed E-state index contributed by atoms with van der Waals surface area (Å²) in [5.41, 5.74) is 1.82. The average Bonchev–Trinajstić information content (AvgIpc) is 3.06. The first-order valence-corrected chi connectivity index (χ1v) is 15.0. The van der Waals surface area contributed by atoms with Crippen LogP contribution in [0.15, 0.2) is 130 Å². The Morgan fingerprint density at radius 1 is 0.600 bits per heavy atom. The lowest BCUT2D eigenvalue weighted by molar-refractivity contribution is -0.0885. The van der Waals surface area contributed by atoms with E-state index < -0.39 is 45.9 Å². The Labute approximate surface area is 280 Å². The van der Waals surface area contributed by atoms with E-state index in [4.69, 9.17) is 5.21 Å². The molecule has 4 aromatic carbocycles. The van der Waals surface area contributed by atoms with Crippen molar-refractivity contribution in [1.82, 2.24) is 0 Å². The van der Waals surface area contributed by atoms with Crippen molar-refractivity contribution in [2.75, 3.05) is 7.05 Å². The van der Waals surface area contributed by atoms with E-state index in [1.807, 2.05) is 0 Å². The van der Waals surface area contributed by atoms with Gasteiger partial charge in [0.05, 0.1) is 0 Å². The second-order valence-corrected chi connectivity index (χ2v) is 10.7. The fraction of sp³-hybridized carbons (Fsp3) is 0.156. The molecule has 0 atom stereocenters. The summed E-state index contributed by atoms with van der Waals surface area (Å²) in [5, 5.41) is 13.2. The number of Topliss-reactive ketones (excluding diaryl/α,β-unsaturated/α-hetero) is 1. The third-order valence-electron chi connectivity index (χ3n) is 5.56. The second-order valence-electron chi connectivity index (χ2n) is 9.15. The quantitative estimate of drug-likeness (QED) is 0.0676. The van der Waals surface area contributed by atoms with E-state index in [-0.39, 0.29) is 21.6 Å². The van der Waals surface area contributed by atoms with Crippen molar-refractivity contribution in [1.29, 1.82) is 0 Å². The minimum atomic E-state index is -4.86. The zero-order chi connectivity index (χ0) is 38.2. The van der Waals surface area contributed by atoms with Crippen molar-refractivity contribution in [3.63, 3.8) is 0 Å². The molecule has 18 heteroatoms. The maximum absolute atomic E-state index is 13.0. The maximum atomic E-state index is 13.0. The van der Waals surface area contributed by atoms with Gasteiger partial charge >= 0.3 is 28.6 Å². The SMILES string of the molecule is CN.Cc1ccc(S(=O)(=O)ON=C(c2ccccc2)C(F)(F)F)cc1.O=C(c1ccccc1)C(F)(F)F.ON=C(c1ccccc1)C(F)(F)F. The lowest BCUT2D eigenvalue weighted by Gasteiger charge is -2.10. The highest BCUT2D eigenvalue weighted by Gasteiger charge is 2.40. The monoisotopic (exact) mass is 737 g/mol. The van der Waals surface area contributed by atoms with Crippen LogP contribution in [-0.4, -0.2) is 56.4 Å². The summed E-state index contributed by atoms with van der Waals surface area (Å²) in [6.07, 6.45) is -14.3. The number of aryl methyl sites for hydroxylation is 1. The molecule has 3 N–H and O–H groups in total. The molecule has 4 rings (SSSR count). The highest BCUT2D eigenvalue weighted by atomic mass is 32.2. The van der Waals surface area contributed by atoms with Gasteiger partial charge in [0.2, 0.25) is 0 Å². The van der Waals surface area contributed by atoms with Crippen LogP contribution in [0.5, 0.6) is 0 Å². The standard InChI is InChI=1S/C15H12F3NO3S.C8H6F3NO.C8H5F3O.CH5N/c1-11-7-9-13(10-8-11)23(20,21)22-19-14(15(16,17)18)12-5-3-2-4-6-12;9-8(10,11)7(12-13)6-4-2-1-3-5-6;9-8(10,11)7(12)6-4-2-1-3-5-6;1-2/h2-10H,1H3;1-5,13H;1-5H;2H2,1H3. The summed E-state index contributed by atoms with van der Waals surface area (Å²) >= 11 is 0. The number of carbonyl (C=O) groups is 1. The number of nitrogens with two attached hydrogens (primary N) is 1. The van der Waals surface area contributed by atoms with Crippen molar-refractivity contribution in [3.8, 4) is 0 Å². The van der Waals surface area contributed by atoms with Crippen molar-refractivity contribution in [3.05, 3.63) is 138 Å². The molecule has 0 heterocycles. The number of carbonyl (C=O) groups excluding carboxylic acids is 1. The summed E-state index contributed by atoms with van der Waals surface area (Å²) < 4.78 is 139. The van der Waals surface area contributed by atoms with Crippen LogP contribution in [-0.2, 0) is 14.4 Å². The molecule has 0 radical (unpaired) electrons. The number of benzene rings is 4. The van der Waals surface area contributed by atoms with Gasteiger partial charge in [-0.1, -0.05) is 119 Å². The highest BCUT2D eigenvalue weighted by Crippen LogP contribution is 2.25. The first kappa shape index (κ1) is 42.8. The van der Waals surface area contributed by atoms with Gasteiger partial charge in [0.1, 0.15) is 4.90 Å². The maximum Gasteiger partial charge on any atom is 0.454 e. The van der Waals surface area contributed by atoms with E-state index >= 15 is 0 Å². The normalized spacial score (nSPS) is 12.2. The molecular weight excluding hydrogens is 709 g/mol. The fourth-order valence-electron chi connectivity index (χ4n) is 3.33. The highest BCUT2D eigenvalue weighted by molar-refractivity contribution is 7.86. The minimum Gasteiger partial charge on any atom is -0.410 e. The number of nitrogens with zero attached hydrogens (tertiary/aromatic N) is 2. The number of oxime groups is 2. The average molecular weight is 738 g/mol. The van der Waals surface area contributed by atoms with Gasteiger partial charge in [-0.15, -0.1) is 0 Å². The molecule has 0 unspecified atom stereocenters. The van der Waals surface area contributed by atoms with Gasteiger partial charge in [-0.25, -0.2) is 0 Å². The molecule has 50 heavy (non-hydrogen) atoms. The second kappa shape index (κ2) is 19.1. The van der Waals surface area contributed by atoms with Gasteiger partial charge < -0.3 is 10.9 Å². The third-order valence-corrected chi connectivity index (χ3v) is 6.68. The van der Waals surface area contributed by atoms with Gasteiger partial charge in [0.15, 0.2) is 11.4 Å². The van der Waals surface area contributed by atoms with E-state index in [1.54, 1.807) is 19.1 Å². The van der Waals surface area contributed by atoms with Crippen molar-refractivity contribution in [2.24, 2.45) is 16.0 Å². The van der Waals surface area contributed by atoms with E-state index in [2.05, 4.69) is 20.3 Å². The van der Waals surface area contributed by atoms with Crippen LogP contribution in [0.25, 0.3) is 0 Å². The Balaban J connectivity index is 0.000000394. The predicted molar refractivity (Wildman–Crippen MR) is 166 cm³/mol. The summed E-state index contributed by atoms with van der Waals surface area (Å²) in [5.74, 6) is -1.80. The van der Waals surface area contributed by atoms with Crippen LogP contribution < -0.4 is 5.73 Å². The van der Waals surface area contributed by atoms with Crippen LogP contribution in [0, 0.1) is 6.92 Å². The molecule has 8 nitrogen and oxygen atoms in total. The van der Waals surface area contributed by atoms with Crippen LogP contribution in [0.4, 0.5) is 39.5 Å². The number of rotatable bonds is 6. The topological polar surface area (TPSA) is 131 Å². The Hall–Kier alpha value is -5.23. The smallest absolute Gasteiger partial charge is 0.410 e. The van der Waals surface area contributed by atoms with E-state index in [1.165, 1.54) is 85.9 Å². The van der Waals surface area contributed by atoms with Crippen molar-refractivity contribution in [2.45, 2.75) is 30.3 Å². The lowest BCUT2D eigenvalue weighted by Crippen LogP contribution is -2.25. The number of alkyl halides is 9. The predicted octanol–water partition coefficient (Wildman–Crippen LogP) is 8.10. The molecule has 0 bridgehead atoms. The first-order valence-electron chi connectivity index (χ1n) is 13.6. The molecular formula is C32H28F9N3O5S. The van der Waals surface area contributed by atoms with E-state index in [0.717, 1.165) is 29.8 Å². The molecule has 0 amide bonds. The molecule has 0 aliphatic rings. The number of halogens is 9. The molecule has 0 aliphatic carbocycles. The van der Waals surface area contributed by atoms with Crippen LogP contribution in [0.3, 0.4) is 0 Å². The number of hydrogen-bond acceptors (Lipinski definition) is 8. The minimum absolute atomic E-state index is 0.155. The van der Waals surface area contributed by atoms with Gasteiger partial charge in [0, 0.05) is 16.7 Å². The molecule has 0 spiro atoms. The summed E-state index contributed by atoms with van der Waals surface area (Å²) in [6, 6.07) is 25.6. The molecule has 0 fully saturated rings. The summed E-state index contributed by atoms with van der Waals surface area (Å²) in [4.78, 5) is 10.3. The largest absolute Gasteiger partial charge is 0.454 e. The summed E-state index contributed by atoms with van der Waals surface area (Å²) in [7, 11) is -2.93. The van der Waals surface area contributed by atoms with Crippen LogP contribution in [0.1, 0.15) is 27.0 Å². The Bertz CT molecular complexity index is 1780. The van der Waals surface area contributed by atoms with Crippen molar-refractivity contribution >= 4 is 27.3 Å².